The first-order valence-electron chi connectivity index (χ1n) is 8.64. The number of carbonyl (C=O) groups excluding carboxylic acids is 1. The summed E-state index contributed by atoms with van der Waals surface area (Å²) in [4.78, 5) is 12.3. The first-order chi connectivity index (χ1) is 12.6. The second kappa shape index (κ2) is 10.0. The molecule has 2 aromatic rings. The summed E-state index contributed by atoms with van der Waals surface area (Å²) in [6, 6.07) is 16.4. The number of carbonyl (C=O) groups is 1. The van der Waals surface area contributed by atoms with Crippen LogP contribution in [-0.2, 0) is 0 Å². The quantitative estimate of drug-likeness (QED) is 0.477. The number of allylic oxidation sites excluding steroid dienone is 1. The summed E-state index contributed by atoms with van der Waals surface area (Å²) in [5.74, 6) is 1.84. The molecule has 0 aromatic heterocycles. The van der Waals surface area contributed by atoms with E-state index in [0.29, 0.717) is 23.8 Å². The van der Waals surface area contributed by atoms with E-state index in [2.05, 4.69) is 13.8 Å². The normalized spacial score (nSPS) is 10.7. The van der Waals surface area contributed by atoms with Crippen molar-refractivity contribution in [1.29, 1.82) is 5.26 Å². The Kier molecular flexibility index (Phi) is 7.45. The molecule has 0 amide bonds. The zero-order valence-corrected chi connectivity index (χ0v) is 15.1. The predicted molar refractivity (Wildman–Crippen MR) is 102 cm³/mol. The topological polar surface area (TPSA) is 59.3 Å². The number of hydrogen-bond donors (Lipinski definition) is 0. The van der Waals surface area contributed by atoms with Crippen LogP contribution in [-0.4, -0.2) is 19.0 Å². The van der Waals surface area contributed by atoms with Crippen LogP contribution < -0.4 is 9.47 Å². The minimum absolute atomic E-state index is 0.0307. The highest BCUT2D eigenvalue weighted by atomic mass is 16.5. The van der Waals surface area contributed by atoms with Crippen LogP contribution in [0.25, 0.3) is 6.08 Å². The van der Waals surface area contributed by atoms with Crippen LogP contribution >= 0.6 is 0 Å². The fraction of sp³-hybridized carbons (Fsp3) is 0.273. The van der Waals surface area contributed by atoms with Crippen molar-refractivity contribution >= 4 is 11.9 Å². The molecule has 0 spiro atoms. The van der Waals surface area contributed by atoms with E-state index in [4.69, 9.17) is 14.7 Å². The molecule has 0 aliphatic carbocycles. The minimum atomic E-state index is -0.103. The largest absolute Gasteiger partial charge is 0.494 e. The Hall–Kier alpha value is -3.06. The fourth-order valence-corrected chi connectivity index (χ4v) is 2.25. The molecular weight excluding hydrogens is 326 g/mol. The lowest BCUT2D eigenvalue weighted by atomic mass is 10.1. The highest BCUT2D eigenvalue weighted by Crippen LogP contribution is 2.20. The van der Waals surface area contributed by atoms with Crippen molar-refractivity contribution in [2.24, 2.45) is 5.92 Å². The van der Waals surface area contributed by atoms with E-state index in [-0.39, 0.29) is 12.4 Å². The van der Waals surface area contributed by atoms with Gasteiger partial charge in [0.15, 0.2) is 12.4 Å². The third-order valence-electron chi connectivity index (χ3n) is 3.73. The number of hydrogen-bond acceptors (Lipinski definition) is 4. The van der Waals surface area contributed by atoms with Gasteiger partial charge in [0.1, 0.15) is 17.6 Å². The Balaban J connectivity index is 1.99. The van der Waals surface area contributed by atoms with Crippen molar-refractivity contribution in [2.75, 3.05) is 13.2 Å². The Morgan fingerprint density at radius 1 is 1.12 bits per heavy atom. The average Bonchev–Trinajstić information content (AvgIpc) is 2.65. The molecule has 134 valence electrons. The van der Waals surface area contributed by atoms with Crippen molar-refractivity contribution in [2.45, 2.75) is 20.3 Å². The number of nitriles is 1. The monoisotopic (exact) mass is 349 g/mol. The van der Waals surface area contributed by atoms with Gasteiger partial charge in [-0.25, -0.2) is 0 Å². The molecule has 4 nitrogen and oxygen atoms in total. The van der Waals surface area contributed by atoms with Gasteiger partial charge < -0.3 is 9.47 Å². The number of ether oxygens (including phenoxy) is 2. The van der Waals surface area contributed by atoms with Crippen LogP contribution in [0.3, 0.4) is 0 Å². The molecule has 0 saturated heterocycles. The van der Waals surface area contributed by atoms with Crippen molar-refractivity contribution in [3.05, 3.63) is 65.7 Å². The van der Waals surface area contributed by atoms with Crippen molar-refractivity contribution in [3.63, 3.8) is 0 Å². The molecule has 0 saturated carbocycles. The molecule has 0 N–H and O–H groups in total. The summed E-state index contributed by atoms with van der Waals surface area (Å²) in [6.45, 7) is 4.95. The molecule has 2 rings (SSSR count). The van der Waals surface area contributed by atoms with Gasteiger partial charge in [0, 0.05) is 11.1 Å². The molecule has 0 unspecified atom stereocenters. The smallest absolute Gasteiger partial charge is 0.185 e. The molecule has 0 bridgehead atoms. The summed E-state index contributed by atoms with van der Waals surface area (Å²) >= 11 is 0. The second-order valence-electron chi connectivity index (χ2n) is 6.24. The highest BCUT2D eigenvalue weighted by molar-refractivity contribution is 6.07. The van der Waals surface area contributed by atoms with Gasteiger partial charge in [0.25, 0.3) is 0 Å². The summed E-state index contributed by atoms with van der Waals surface area (Å²) in [5, 5.41) is 8.63. The summed E-state index contributed by atoms with van der Waals surface area (Å²) in [5.41, 5.74) is 1.35. The molecule has 0 heterocycles. The molecular formula is C22H23NO3. The van der Waals surface area contributed by atoms with Crippen LogP contribution in [0, 0.1) is 17.2 Å². The highest BCUT2D eigenvalue weighted by Gasteiger charge is 2.04. The van der Waals surface area contributed by atoms with Gasteiger partial charge in [0.05, 0.1) is 6.61 Å². The zero-order valence-electron chi connectivity index (χ0n) is 15.1. The standard InChI is InChI=1S/C22H23NO3/c1-17(2)13-15-25-20-10-7-18(8-11-20)21(24)12-9-19-5-3-4-6-22(19)26-16-14-23/h3-12,17H,13,15-16H2,1-2H3/b12-9+. The molecule has 0 radical (unpaired) electrons. The van der Waals surface area contributed by atoms with Crippen LogP contribution in [0.1, 0.15) is 36.2 Å². The van der Waals surface area contributed by atoms with E-state index in [1.54, 1.807) is 24.3 Å². The number of rotatable bonds is 9. The van der Waals surface area contributed by atoms with Crippen molar-refractivity contribution in [1.82, 2.24) is 0 Å². The van der Waals surface area contributed by atoms with E-state index >= 15 is 0 Å². The number of para-hydroxylation sites is 1. The lowest BCUT2D eigenvalue weighted by Gasteiger charge is -2.08. The number of benzene rings is 2. The van der Waals surface area contributed by atoms with E-state index in [9.17, 15) is 4.79 Å². The summed E-state index contributed by atoms with van der Waals surface area (Å²) in [7, 11) is 0. The van der Waals surface area contributed by atoms with Crippen LogP contribution in [0.15, 0.2) is 54.6 Å². The van der Waals surface area contributed by atoms with Gasteiger partial charge in [-0.3, -0.25) is 4.79 Å². The zero-order chi connectivity index (χ0) is 18.8. The minimum Gasteiger partial charge on any atom is -0.494 e. The van der Waals surface area contributed by atoms with Gasteiger partial charge in [-0.15, -0.1) is 0 Å². The predicted octanol–water partition coefficient (Wildman–Crippen LogP) is 4.91. The molecule has 0 aliphatic heterocycles. The Morgan fingerprint density at radius 2 is 1.85 bits per heavy atom. The third-order valence-corrected chi connectivity index (χ3v) is 3.73. The molecule has 0 aliphatic rings. The Labute approximate surface area is 154 Å². The third kappa shape index (κ3) is 6.10. The maximum Gasteiger partial charge on any atom is 0.185 e. The first-order valence-corrected chi connectivity index (χ1v) is 8.64. The van der Waals surface area contributed by atoms with E-state index in [1.165, 1.54) is 6.08 Å². The number of ketones is 1. The Bertz CT molecular complexity index is 786. The summed E-state index contributed by atoms with van der Waals surface area (Å²) < 4.78 is 11.0. The molecule has 0 fully saturated rings. The molecule has 26 heavy (non-hydrogen) atoms. The van der Waals surface area contributed by atoms with Gasteiger partial charge in [-0.2, -0.15) is 5.26 Å². The van der Waals surface area contributed by atoms with Crippen molar-refractivity contribution in [3.8, 4) is 17.6 Å². The maximum absolute atomic E-state index is 12.3. The van der Waals surface area contributed by atoms with Crippen LogP contribution in [0.2, 0.25) is 0 Å². The fourth-order valence-electron chi connectivity index (χ4n) is 2.25. The Morgan fingerprint density at radius 3 is 2.54 bits per heavy atom. The van der Waals surface area contributed by atoms with E-state index in [0.717, 1.165) is 17.7 Å². The lowest BCUT2D eigenvalue weighted by Crippen LogP contribution is -2.01. The van der Waals surface area contributed by atoms with Crippen LogP contribution in [0.4, 0.5) is 0 Å². The average molecular weight is 349 g/mol. The lowest BCUT2D eigenvalue weighted by molar-refractivity contribution is 0.104. The van der Waals surface area contributed by atoms with Gasteiger partial charge >= 0.3 is 0 Å². The number of nitrogens with zero attached hydrogens (tertiary/aromatic N) is 1. The van der Waals surface area contributed by atoms with Gasteiger partial charge in [0.2, 0.25) is 0 Å². The SMILES string of the molecule is CC(C)CCOc1ccc(C(=O)/C=C/c2ccccc2OCC#N)cc1. The van der Waals surface area contributed by atoms with E-state index in [1.807, 2.05) is 36.4 Å². The van der Waals surface area contributed by atoms with Gasteiger partial charge in [-0.05, 0) is 54.8 Å². The van der Waals surface area contributed by atoms with Crippen molar-refractivity contribution < 1.29 is 14.3 Å². The van der Waals surface area contributed by atoms with Crippen LogP contribution in [0.5, 0.6) is 11.5 Å². The molecule has 0 atom stereocenters. The molecule has 4 heteroatoms. The second-order valence-corrected chi connectivity index (χ2v) is 6.24. The van der Waals surface area contributed by atoms with E-state index < -0.39 is 0 Å². The van der Waals surface area contributed by atoms with Gasteiger partial charge in [-0.1, -0.05) is 32.0 Å². The molecule has 2 aromatic carbocycles. The summed E-state index contributed by atoms with van der Waals surface area (Å²) in [6.07, 6.45) is 4.20. The maximum atomic E-state index is 12.3. The first kappa shape index (κ1) is 19.3.